The molecule has 2 heteroatoms. The quantitative estimate of drug-likeness (QED) is 0.674. The van der Waals surface area contributed by atoms with Gasteiger partial charge in [0.15, 0.2) is 0 Å². The minimum Gasteiger partial charge on any atom is -0.378 e. The molecule has 0 bridgehead atoms. The topological polar surface area (TPSA) is 6.48 Å². The Morgan fingerprint density at radius 2 is 1.33 bits per heavy atom. The van der Waals surface area contributed by atoms with Crippen LogP contribution in [0.4, 0.5) is 11.4 Å². The first-order valence-corrected chi connectivity index (χ1v) is 7.03. The molecule has 0 spiro atoms. The van der Waals surface area contributed by atoms with E-state index in [9.17, 15) is 0 Å². The highest BCUT2D eigenvalue weighted by atomic mass is 15.1. The third kappa shape index (κ3) is 4.59. The van der Waals surface area contributed by atoms with Crippen molar-refractivity contribution in [3.63, 3.8) is 0 Å². The predicted octanol–water partition coefficient (Wildman–Crippen LogP) is 3.94. The second-order valence-corrected chi connectivity index (χ2v) is 5.46. The van der Waals surface area contributed by atoms with Gasteiger partial charge in [0.1, 0.15) is 0 Å². The molecule has 0 unspecified atom stereocenters. The Morgan fingerprint density at radius 1 is 0.778 bits per heavy atom. The molecule has 0 aliphatic carbocycles. The van der Waals surface area contributed by atoms with E-state index in [0.29, 0.717) is 0 Å². The van der Waals surface area contributed by atoms with Crippen LogP contribution in [0.25, 0.3) is 0 Å². The van der Waals surface area contributed by atoms with Crippen LogP contribution in [0.3, 0.4) is 0 Å². The van der Waals surface area contributed by atoms with E-state index in [2.05, 4.69) is 63.1 Å². The maximum Gasteiger partial charge on any atom is 0.0384 e. The van der Waals surface area contributed by atoms with Gasteiger partial charge in [-0.05, 0) is 36.6 Å². The fourth-order valence-corrected chi connectivity index (χ4v) is 2.07. The first-order valence-electron chi connectivity index (χ1n) is 7.03. The van der Waals surface area contributed by atoms with Gasteiger partial charge in [0.05, 0.1) is 0 Å². The molecule has 0 radical (unpaired) electrons. The number of unbranched alkanes of at least 4 members (excludes halogenated alkanes) is 3. The summed E-state index contributed by atoms with van der Waals surface area (Å²) in [6.45, 7) is 2.26. The van der Waals surface area contributed by atoms with E-state index in [-0.39, 0.29) is 0 Å². The monoisotopic (exact) mass is 248 g/mol. The molecule has 2 nitrogen and oxygen atoms in total. The van der Waals surface area contributed by atoms with Crippen LogP contribution in [-0.2, 0) is 6.42 Å². The number of benzene rings is 1. The lowest BCUT2D eigenvalue weighted by Gasteiger charge is -2.20. The van der Waals surface area contributed by atoms with Crippen molar-refractivity contribution in [2.75, 3.05) is 38.0 Å². The summed E-state index contributed by atoms with van der Waals surface area (Å²) in [5.41, 5.74) is 4.05. The number of rotatable bonds is 7. The van der Waals surface area contributed by atoms with Gasteiger partial charge in [-0.15, -0.1) is 0 Å². The molecule has 1 aromatic carbocycles. The fourth-order valence-electron chi connectivity index (χ4n) is 2.07. The summed E-state index contributed by atoms with van der Waals surface area (Å²) in [4.78, 5) is 4.37. The van der Waals surface area contributed by atoms with Crippen LogP contribution in [0.1, 0.15) is 38.2 Å². The Kier molecular flexibility index (Phi) is 6.03. The van der Waals surface area contributed by atoms with Gasteiger partial charge < -0.3 is 9.80 Å². The van der Waals surface area contributed by atoms with Crippen molar-refractivity contribution < 1.29 is 0 Å². The predicted molar refractivity (Wildman–Crippen MR) is 82.9 cm³/mol. The van der Waals surface area contributed by atoms with Crippen LogP contribution >= 0.6 is 0 Å². The molecule has 102 valence electrons. The molecule has 0 aromatic heterocycles. The van der Waals surface area contributed by atoms with Crippen LogP contribution in [0.2, 0.25) is 0 Å². The SMILES string of the molecule is CCCCCCc1cc(N(C)C)cc(N(C)C)c1. The largest absolute Gasteiger partial charge is 0.378 e. The minimum absolute atomic E-state index is 1.20. The molecule has 0 amide bonds. The number of hydrogen-bond donors (Lipinski definition) is 0. The number of nitrogens with zero attached hydrogens (tertiary/aromatic N) is 2. The van der Waals surface area contributed by atoms with Crippen molar-refractivity contribution in [2.45, 2.75) is 39.0 Å². The Bertz CT molecular complexity index is 330. The third-order valence-corrected chi connectivity index (χ3v) is 3.31. The Morgan fingerprint density at radius 3 is 1.78 bits per heavy atom. The Hall–Kier alpha value is -1.18. The van der Waals surface area contributed by atoms with Crippen LogP contribution in [0, 0.1) is 0 Å². The van der Waals surface area contributed by atoms with Gasteiger partial charge in [-0.25, -0.2) is 0 Å². The summed E-state index contributed by atoms with van der Waals surface area (Å²) in [6.07, 6.45) is 6.51. The summed E-state index contributed by atoms with van der Waals surface area (Å²) < 4.78 is 0. The van der Waals surface area contributed by atoms with E-state index < -0.39 is 0 Å². The normalized spacial score (nSPS) is 10.5. The third-order valence-electron chi connectivity index (χ3n) is 3.31. The molecule has 1 rings (SSSR count). The molecular formula is C16H28N2. The lowest BCUT2D eigenvalue weighted by atomic mass is 10.0. The maximum absolute atomic E-state index is 2.32. The first kappa shape index (κ1) is 14.9. The van der Waals surface area contributed by atoms with Crippen molar-refractivity contribution in [1.82, 2.24) is 0 Å². The van der Waals surface area contributed by atoms with Gasteiger partial charge in [-0.3, -0.25) is 0 Å². The van der Waals surface area contributed by atoms with E-state index >= 15 is 0 Å². The zero-order valence-electron chi connectivity index (χ0n) is 12.7. The molecule has 0 N–H and O–H groups in total. The molecule has 18 heavy (non-hydrogen) atoms. The van der Waals surface area contributed by atoms with Gasteiger partial charge >= 0.3 is 0 Å². The van der Waals surface area contributed by atoms with Crippen molar-refractivity contribution in [1.29, 1.82) is 0 Å². The number of aryl methyl sites for hydroxylation is 1. The van der Waals surface area contributed by atoms with Crippen LogP contribution in [0.15, 0.2) is 18.2 Å². The van der Waals surface area contributed by atoms with E-state index in [1.165, 1.54) is 49.0 Å². The van der Waals surface area contributed by atoms with E-state index in [4.69, 9.17) is 0 Å². The smallest absolute Gasteiger partial charge is 0.0384 e. The minimum atomic E-state index is 1.20. The van der Waals surface area contributed by atoms with E-state index in [1.54, 1.807) is 0 Å². The van der Waals surface area contributed by atoms with Crippen LogP contribution in [-0.4, -0.2) is 28.2 Å². The fraction of sp³-hybridized carbons (Fsp3) is 0.625. The summed E-state index contributed by atoms with van der Waals surface area (Å²) in [6, 6.07) is 6.88. The van der Waals surface area contributed by atoms with Gasteiger partial charge in [0.25, 0.3) is 0 Å². The standard InChI is InChI=1S/C16H28N2/c1-6-7-8-9-10-14-11-15(17(2)3)13-16(12-14)18(4)5/h11-13H,6-10H2,1-5H3. The van der Waals surface area contributed by atoms with E-state index in [0.717, 1.165) is 0 Å². The number of anilines is 2. The molecule has 0 saturated carbocycles. The molecule has 0 aliphatic rings. The summed E-state index contributed by atoms with van der Waals surface area (Å²) in [5, 5.41) is 0. The average Bonchev–Trinajstić information content (AvgIpc) is 2.34. The Labute approximate surface area is 113 Å². The summed E-state index contributed by atoms with van der Waals surface area (Å²) in [5.74, 6) is 0. The maximum atomic E-state index is 2.32. The Balaban J connectivity index is 2.76. The second kappa shape index (κ2) is 7.30. The highest BCUT2D eigenvalue weighted by Crippen LogP contribution is 2.24. The highest BCUT2D eigenvalue weighted by molar-refractivity contribution is 5.60. The highest BCUT2D eigenvalue weighted by Gasteiger charge is 2.04. The van der Waals surface area contributed by atoms with Crippen molar-refractivity contribution in [3.8, 4) is 0 Å². The lowest BCUT2D eigenvalue weighted by Crippen LogP contribution is -2.13. The molecule has 0 saturated heterocycles. The van der Waals surface area contributed by atoms with Crippen molar-refractivity contribution >= 4 is 11.4 Å². The molecular weight excluding hydrogens is 220 g/mol. The molecule has 0 aliphatic heterocycles. The summed E-state index contributed by atoms with van der Waals surface area (Å²) in [7, 11) is 8.43. The molecule has 0 heterocycles. The zero-order chi connectivity index (χ0) is 13.5. The second-order valence-electron chi connectivity index (χ2n) is 5.46. The van der Waals surface area contributed by atoms with Crippen molar-refractivity contribution in [3.05, 3.63) is 23.8 Å². The van der Waals surface area contributed by atoms with Gasteiger partial charge in [0.2, 0.25) is 0 Å². The average molecular weight is 248 g/mol. The van der Waals surface area contributed by atoms with Crippen molar-refractivity contribution in [2.24, 2.45) is 0 Å². The lowest BCUT2D eigenvalue weighted by molar-refractivity contribution is 0.667. The number of hydrogen-bond acceptors (Lipinski definition) is 2. The van der Waals surface area contributed by atoms with Gasteiger partial charge in [-0.1, -0.05) is 26.2 Å². The zero-order valence-corrected chi connectivity index (χ0v) is 12.7. The molecule has 0 atom stereocenters. The van der Waals surface area contributed by atoms with Crippen LogP contribution < -0.4 is 9.80 Å². The van der Waals surface area contributed by atoms with Gasteiger partial charge in [0, 0.05) is 39.6 Å². The molecule has 1 aromatic rings. The van der Waals surface area contributed by atoms with E-state index in [1.807, 2.05) is 0 Å². The molecule has 0 fully saturated rings. The summed E-state index contributed by atoms with van der Waals surface area (Å²) >= 11 is 0. The van der Waals surface area contributed by atoms with Gasteiger partial charge in [-0.2, -0.15) is 0 Å². The van der Waals surface area contributed by atoms with Crippen LogP contribution in [0.5, 0.6) is 0 Å². The first-order chi connectivity index (χ1) is 8.54.